The summed E-state index contributed by atoms with van der Waals surface area (Å²) in [5.41, 5.74) is 5.63. The van der Waals surface area contributed by atoms with Crippen molar-refractivity contribution in [1.29, 1.82) is 0 Å². The number of halogens is 3. The lowest BCUT2D eigenvalue weighted by atomic mass is 10.1. The third kappa shape index (κ3) is 5.33. The van der Waals surface area contributed by atoms with Gasteiger partial charge in [0.2, 0.25) is 0 Å². The minimum Gasteiger partial charge on any atom is -0.487 e. The number of rotatable bonds is 6. The summed E-state index contributed by atoms with van der Waals surface area (Å²) in [6.45, 7) is 5.27. The van der Waals surface area contributed by atoms with Crippen LogP contribution in [0.4, 0.5) is 10.1 Å². The van der Waals surface area contributed by atoms with E-state index in [1.807, 2.05) is 12.1 Å². The van der Waals surface area contributed by atoms with Gasteiger partial charge in [0.05, 0.1) is 8.95 Å². The highest BCUT2D eigenvalue weighted by molar-refractivity contribution is 9.11. The molecule has 0 fully saturated rings. The van der Waals surface area contributed by atoms with Crippen LogP contribution in [0.2, 0.25) is 0 Å². The third-order valence-corrected chi connectivity index (χ3v) is 5.41. The second-order valence-corrected chi connectivity index (χ2v) is 8.18. The molecule has 140 valence electrons. The van der Waals surface area contributed by atoms with Gasteiger partial charge in [0.1, 0.15) is 18.2 Å². The second-order valence-electron chi connectivity index (χ2n) is 6.48. The quantitative estimate of drug-likeness (QED) is 0.394. The van der Waals surface area contributed by atoms with Crippen LogP contribution in [0.15, 0.2) is 63.5 Å². The van der Waals surface area contributed by atoms with E-state index in [-0.39, 0.29) is 5.82 Å². The minimum absolute atomic E-state index is 0.248. The van der Waals surface area contributed by atoms with Gasteiger partial charge in [-0.3, -0.25) is 0 Å². The molecule has 3 aromatic rings. The average molecular weight is 493 g/mol. The summed E-state index contributed by atoms with van der Waals surface area (Å²) in [7, 11) is 0. The average Bonchev–Trinajstić information content (AvgIpc) is 2.63. The molecule has 1 N–H and O–H groups in total. The zero-order chi connectivity index (χ0) is 19.4. The first-order valence-corrected chi connectivity index (χ1v) is 10.2. The maximum atomic E-state index is 13.0. The summed E-state index contributed by atoms with van der Waals surface area (Å²) in [5.74, 6) is 0.483. The molecule has 5 heteroatoms. The molecule has 0 aliphatic carbocycles. The molecular weight excluding hydrogens is 473 g/mol. The van der Waals surface area contributed by atoms with Crippen LogP contribution in [-0.2, 0) is 13.2 Å². The molecule has 0 atom stereocenters. The Bertz CT molecular complexity index is 919. The van der Waals surface area contributed by atoms with Crippen LogP contribution in [0.25, 0.3) is 0 Å². The normalized spacial score (nSPS) is 10.7. The van der Waals surface area contributed by atoms with E-state index >= 15 is 0 Å². The monoisotopic (exact) mass is 491 g/mol. The molecule has 0 aromatic heterocycles. The van der Waals surface area contributed by atoms with E-state index in [0.717, 1.165) is 31.5 Å². The largest absolute Gasteiger partial charge is 0.487 e. The SMILES string of the molecule is Cc1ccc(C)c(NCc2cc(Br)c(OCc3ccc(F)cc3)c(Br)c2)c1. The summed E-state index contributed by atoms with van der Waals surface area (Å²) >= 11 is 7.19. The predicted octanol–water partition coefficient (Wildman–Crippen LogP) is 7.16. The van der Waals surface area contributed by atoms with Crippen molar-refractivity contribution >= 4 is 37.5 Å². The van der Waals surface area contributed by atoms with Gasteiger partial charge in [-0.15, -0.1) is 0 Å². The van der Waals surface area contributed by atoms with Crippen LogP contribution >= 0.6 is 31.9 Å². The maximum absolute atomic E-state index is 13.0. The lowest BCUT2D eigenvalue weighted by Crippen LogP contribution is -2.03. The highest BCUT2D eigenvalue weighted by Crippen LogP contribution is 2.35. The van der Waals surface area contributed by atoms with Gasteiger partial charge < -0.3 is 10.1 Å². The molecule has 2 nitrogen and oxygen atoms in total. The molecule has 0 unspecified atom stereocenters. The summed E-state index contributed by atoms with van der Waals surface area (Å²) in [4.78, 5) is 0. The van der Waals surface area contributed by atoms with Gasteiger partial charge in [0.15, 0.2) is 0 Å². The van der Waals surface area contributed by atoms with Crippen molar-refractivity contribution in [3.63, 3.8) is 0 Å². The summed E-state index contributed by atoms with van der Waals surface area (Å²) in [6, 6.07) is 16.8. The van der Waals surface area contributed by atoms with Gasteiger partial charge in [0.25, 0.3) is 0 Å². The van der Waals surface area contributed by atoms with Crippen LogP contribution in [0.3, 0.4) is 0 Å². The molecule has 3 rings (SSSR count). The van der Waals surface area contributed by atoms with Gasteiger partial charge in [0, 0.05) is 12.2 Å². The molecule has 0 bridgehead atoms. The van der Waals surface area contributed by atoms with Crippen LogP contribution in [-0.4, -0.2) is 0 Å². The molecule has 0 radical (unpaired) electrons. The van der Waals surface area contributed by atoms with Crippen LogP contribution in [0.5, 0.6) is 5.75 Å². The fourth-order valence-corrected chi connectivity index (χ4v) is 4.22. The zero-order valence-electron chi connectivity index (χ0n) is 15.2. The van der Waals surface area contributed by atoms with E-state index in [2.05, 4.69) is 69.2 Å². The molecule has 3 aromatic carbocycles. The zero-order valence-corrected chi connectivity index (χ0v) is 18.3. The van der Waals surface area contributed by atoms with E-state index in [4.69, 9.17) is 4.74 Å². The van der Waals surface area contributed by atoms with Crippen LogP contribution in [0.1, 0.15) is 22.3 Å². The number of aryl methyl sites for hydroxylation is 2. The highest BCUT2D eigenvalue weighted by atomic mass is 79.9. The minimum atomic E-state index is -0.248. The first-order valence-electron chi connectivity index (χ1n) is 8.58. The maximum Gasteiger partial charge on any atom is 0.148 e. The molecule has 27 heavy (non-hydrogen) atoms. The van der Waals surface area contributed by atoms with Crippen molar-refractivity contribution in [3.8, 4) is 5.75 Å². The van der Waals surface area contributed by atoms with Crippen molar-refractivity contribution in [2.45, 2.75) is 27.0 Å². The Hall–Kier alpha value is -1.85. The summed E-state index contributed by atoms with van der Waals surface area (Å²) in [5, 5.41) is 3.49. The van der Waals surface area contributed by atoms with Crippen molar-refractivity contribution in [2.24, 2.45) is 0 Å². The molecule has 0 saturated carbocycles. The van der Waals surface area contributed by atoms with Gasteiger partial charge in [-0.1, -0.05) is 24.3 Å². The van der Waals surface area contributed by atoms with Crippen molar-refractivity contribution in [2.75, 3.05) is 5.32 Å². The molecule has 0 aliphatic rings. The van der Waals surface area contributed by atoms with Crippen molar-refractivity contribution < 1.29 is 9.13 Å². The fourth-order valence-electron chi connectivity index (χ4n) is 2.71. The topological polar surface area (TPSA) is 21.3 Å². The third-order valence-electron chi connectivity index (χ3n) is 4.23. The summed E-state index contributed by atoms with van der Waals surface area (Å²) in [6.07, 6.45) is 0. The fraction of sp³-hybridized carbons (Fsp3) is 0.182. The van der Waals surface area contributed by atoms with Crippen LogP contribution < -0.4 is 10.1 Å². The Labute approximate surface area is 176 Å². The van der Waals surface area contributed by atoms with E-state index in [9.17, 15) is 4.39 Å². The summed E-state index contributed by atoms with van der Waals surface area (Å²) < 4.78 is 20.7. The van der Waals surface area contributed by atoms with E-state index in [1.165, 1.54) is 23.3 Å². The van der Waals surface area contributed by atoms with E-state index in [1.54, 1.807) is 12.1 Å². The van der Waals surface area contributed by atoms with Crippen molar-refractivity contribution in [1.82, 2.24) is 0 Å². The molecular formula is C22H20Br2FNO. The smallest absolute Gasteiger partial charge is 0.148 e. The Morgan fingerprint density at radius 1 is 0.889 bits per heavy atom. The van der Waals surface area contributed by atoms with Crippen LogP contribution in [0, 0.1) is 19.7 Å². The number of hydrogen-bond donors (Lipinski definition) is 1. The predicted molar refractivity (Wildman–Crippen MR) is 116 cm³/mol. The standard InChI is InChI=1S/C22H20Br2FNO/c1-14-3-4-15(2)21(9-14)26-12-17-10-19(23)22(20(24)11-17)27-13-16-5-7-18(25)8-6-16/h3-11,26H,12-13H2,1-2H3. The Morgan fingerprint density at radius 3 is 2.22 bits per heavy atom. The second kappa shape index (κ2) is 8.89. The Morgan fingerprint density at radius 2 is 1.56 bits per heavy atom. The number of hydrogen-bond acceptors (Lipinski definition) is 2. The van der Waals surface area contributed by atoms with Gasteiger partial charge in [-0.25, -0.2) is 4.39 Å². The lowest BCUT2D eigenvalue weighted by Gasteiger charge is -2.14. The van der Waals surface area contributed by atoms with Gasteiger partial charge in [-0.05, 0) is 98.3 Å². The van der Waals surface area contributed by atoms with Gasteiger partial charge >= 0.3 is 0 Å². The molecule has 0 amide bonds. The number of benzene rings is 3. The first-order chi connectivity index (χ1) is 12.9. The van der Waals surface area contributed by atoms with E-state index in [0.29, 0.717) is 13.2 Å². The Kier molecular flexibility index (Phi) is 6.55. The molecule has 0 saturated heterocycles. The highest BCUT2D eigenvalue weighted by Gasteiger charge is 2.10. The first kappa shape index (κ1) is 19.9. The number of ether oxygens (including phenoxy) is 1. The molecule has 0 aliphatic heterocycles. The number of nitrogens with one attached hydrogen (secondary N) is 1. The molecule has 0 spiro atoms. The van der Waals surface area contributed by atoms with E-state index < -0.39 is 0 Å². The molecule has 0 heterocycles. The van der Waals surface area contributed by atoms with Crippen molar-refractivity contribution in [3.05, 3.63) is 91.6 Å². The lowest BCUT2D eigenvalue weighted by molar-refractivity contribution is 0.302. The van der Waals surface area contributed by atoms with Gasteiger partial charge in [-0.2, -0.15) is 0 Å². The Balaban J connectivity index is 1.68. The number of anilines is 1.